The summed E-state index contributed by atoms with van der Waals surface area (Å²) in [5, 5.41) is 0. The first kappa shape index (κ1) is 26.2. The molecule has 5 nitrogen and oxygen atoms in total. The highest BCUT2D eigenvalue weighted by molar-refractivity contribution is 6.04. The van der Waals surface area contributed by atoms with Crippen molar-refractivity contribution < 1.29 is 0 Å². The van der Waals surface area contributed by atoms with Crippen LogP contribution in [0.1, 0.15) is 33.4 Å². The second-order valence-electron chi connectivity index (χ2n) is 12.7. The summed E-state index contributed by atoms with van der Waals surface area (Å²) in [6, 6.07) is 44.1. The van der Waals surface area contributed by atoms with Gasteiger partial charge in [-0.1, -0.05) is 83.9 Å². The van der Waals surface area contributed by atoms with Crippen LogP contribution in [-0.4, -0.2) is 19.5 Å². The fourth-order valence-electron chi connectivity index (χ4n) is 8.20. The summed E-state index contributed by atoms with van der Waals surface area (Å²) in [6.45, 7) is 4.39. The molecular weight excluding hydrogens is 574 g/mol. The van der Waals surface area contributed by atoms with E-state index in [2.05, 4.69) is 142 Å². The van der Waals surface area contributed by atoms with Gasteiger partial charge in [-0.15, -0.1) is 0 Å². The van der Waals surface area contributed by atoms with Crippen molar-refractivity contribution in [3.63, 3.8) is 0 Å². The summed E-state index contributed by atoms with van der Waals surface area (Å²) in [4.78, 5) is 16.9. The van der Waals surface area contributed by atoms with Crippen molar-refractivity contribution in [2.75, 3.05) is 4.90 Å². The Hall–Kier alpha value is -6.07. The zero-order valence-electron chi connectivity index (χ0n) is 26.0. The predicted octanol–water partition coefficient (Wildman–Crippen LogP) is 9.73. The second-order valence-corrected chi connectivity index (χ2v) is 12.7. The van der Waals surface area contributed by atoms with Crippen LogP contribution in [0, 0.1) is 13.8 Å². The van der Waals surface area contributed by atoms with Crippen molar-refractivity contribution in [2.24, 2.45) is 0 Å². The van der Waals surface area contributed by atoms with Crippen LogP contribution in [-0.2, 0) is 5.41 Å². The van der Waals surface area contributed by atoms with Crippen LogP contribution in [0.15, 0.2) is 140 Å². The fourth-order valence-corrected chi connectivity index (χ4v) is 8.20. The first-order valence-electron chi connectivity index (χ1n) is 16.0. The van der Waals surface area contributed by atoms with Gasteiger partial charge in [-0.3, -0.25) is 14.9 Å². The minimum Gasteiger partial charge on any atom is -0.304 e. The van der Waals surface area contributed by atoms with E-state index in [1.807, 2.05) is 30.7 Å². The number of hydrogen-bond donors (Lipinski definition) is 0. The second kappa shape index (κ2) is 9.47. The zero-order chi connectivity index (χ0) is 31.3. The van der Waals surface area contributed by atoms with Crippen molar-refractivity contribution >= 4 is 39.3 Å². The smallest absolute Gasteiger partial charge is 0.137 e. The molecule has 0 saturated carbocycles. The molecule has 0 bridgehead atoms. The van der Waals surface area contributed by atoms with Crippen LogP contribution in [0.4, 0.5) is 17.2 Å². The standard InChI is InChI=1S/C42H29N5/c1-26-15-18-35-33(23-26)42(31-11-5-3-9-29(31)30-10-4-6-12-32(30)42)34-24-27(2)16-19-36(34)47(35)39-20-17-28(25-45-39)46-37-13-7-21-43-40(37)41-38(46)14-8-22-44-41/h3-25H,1-2H3. The molecule has 0 saturated heterocycles. The normalized spacial score (nSPS) is 13.9. The molecule has 1 spiro atoms. The van der Waals surface area contributed by atoms with Gasteiger partial charge in [-0.05, 0) is 95.8 Å². The third-order valence-electron chi connectivity index (χ3n) is 10.0. The lowest BCUT2D eigenvalue weighted by Gasteiger charge is -2.45. The summed E-state index contributed by atoms with van der Waals surface area (Å²) in [5.41, 5.74) is 16.9. The van der Waals surface area contributed by atoms with Gasteiger partial charge in [-0.25, -0.2) is 4.98 Å². The van der Waals surface area contributed by atoms with E-state index in [0.29, 0.717) is 0 Å². The summed E-state index contributed by atoms with van der Waals surface area (Å²) in [7, 11) is 0. The number of rotatable bonds is 2. The molecule has 5 heterocycles. The highest BCUT2D eigenvalue weighted by atomic mass is 15.2. The van der Waals surface area contributed by atoms with Gasteiger partial charge in [0, 0.05) is 12.4 Å². The van der Waals surface area contributed by atoms with Gasteiger partial charge in [0.15, 0.2) is 0 Å². The minimum atomic E-state index is -0.449. The number of fused-ring (bicyclic) bond motifs is 12. The van der Waals surface area contributed by atoms with E-state index >= 15 is 0 Å². The molecule has 0 radical (unpaired) electrons. The molecule has 4 aromatic heterocycles. The highest BCUT2D eigenvalue weighted by Crippen LogP contribution is 2.63. The Morgan fingerprint density at radius 2 is 1.06 bits per heavy atom. The van der Waals surface area contributed by atoms with E-state index in [4.69, 9.17) is 4.98 Å². The van der Waals surface area contributed by atoms with Crippen LogP contribution in [0.2, 0.25) is 0 Å². The monoisotopic (exact) mass is 603 g/mol. The Morgan fingerprint density at radius 1 is 0.511 bits per heavy atom. The maximum atomic E-state index is 5.18. The summed E-state index contributed by atoms with van der Waals surface area (Å²) in [6.07, 6.45) is 5.62. The summed E-state index contributed by atoms with van der Waals surface area (Å²) < 4.78 is 2.20. The van der Waals surface area contributed by atoms with Gasteiger partial charge in [0.05, 0.1) is 39.7 Å². The Bertz CT molecular complexity index is 2410. The van der Waals surface area contributed by atoms with E-state index in [1.54, 1.807) is 0 Å². The molecule has 222 valence electrons. The van der Waals surface area contributed by atoms with Gasteiger partial charge >= 0.3 is 0 Å². The number of anilines is 3. The molecule has 5 heteroatoms. The topological polar surface area (TPSA) is 46.8 Å². The van der Waals surface area contributed by atoms with Gasteiger partial charge in [-0.2, -0.15) is 0 Å². The molecule has 0 N–H and O–H groups in total. The number of nitrogens with zero attached hydrogens (tertiary/aromatic N) is 5. The number of benzene rings is 4. The molecule has 47 heavy (non-hydrogen) atoms. The number of pyridine rings is 3. The Kier molecular flexibility index (Phi) is 5.28. The van der Waals surface area contributed by atoms with Crippen LogP contribution in [0.3, 0.4) is 0 Å². The lowest BCUT2D eigenvalue weighted by molar-refractivity contribution is 0.749. The highest BCUT2D eigenvalue weighted by Gasteiger charge is 2.51. The van der Waals surface area contributed by atoms with Crippen LogP contribution in [0.5, 0.6) is 0 Å². The third kappa shape index (κ3) is 3.40. The quantitative estimate of drug-likeness (QED) is 0.197. The van der Waals surface area contributed by atoms with Crippen LogP contribution in [0.25, 0.3) is 38.9 Å². The molecule has 10 rings (SSSR count). The van der Waals surface area contributed by atoms with E-state index in [9.17, 15) is 0 Å². The van der Waals surface area contributed by atoms with Gasteiger partial charge < -0.3 is 4.57 Å². The SMILES string of the molecule is Cc1ccc2c(c1)C1(c3ccccc3-c3ccccc31)c1cc(C)ccc1N2c1ccc(-n2c3cccnc3c3ncccc32)cn1. The molecule has 0 unspecified atom stereocenters. The summed E-state index contributed by atoms with van der Waals surface area (Å²) in [5.74, 6) is 0.871. The molecule has 1 aliphatic heterocycles. The van der Waals surface area contributed by atoms with Crippen molar-refractivity contribution in [2.45, 2.75) is 19.3 Å². The van der Waals surface area contributed by atoms with Crippen molar-refractivity contribution in [1.82, 2.24) is 19.5 Å². The van der Waals surface area contributed by atoms with E-state index in [0.717, 1.165) is 44.9 Å². The minimum absolute atomic E-state index is 0.449. The molecule has 4 aromatic carbocycles. The first-order chi connectivity index (χ1) is 23.1. The van der Waals surface area contributed by atoms with Gasteiger partial charge in [0.25, 0.3) is 0 Å². The Labute approximate surface area is 272 Å². The van der Waals surface area contributed by atoms with E-state index < -0.39 is 5.41 Å². The maximum Gasteiger partial charge on any atom is 0.137 e. The van der Waals surface area contributed by atoms with Crippen LogP contribution < -0.4 is 4.90 Å². The average Bonchev–Trinajstić information content (AvgIpc) is 3.61. The number of aromatic nitrogens is 4. The molecular formula is C42H29N5. The summed E-state index contributed by atoms with van der Waals surface area (Å²) >= 11 is 0. The molecule has 0 amide bonds. The largest absolute Gasteiger partial charge is 0.304 e. The Morgan fingerprint density at radius 3 is 1.60 bits per heavy atom. The fraction of sp³-hybridized carbons (Fsp3) is 0.0714. The van der Waals surface area contributed by atoms with Crippen molar-refractivity contribution in [1.29, 1.82) is 0 Å². The van der Waals surface area contributed by atoms with Crippen molar-refractivity contribution in [3.8, 4) is 16.8 Å². The van der Waals surface area contributed by atoms with Crippen LogP contribution >= 0.6 is 0 Å². The lowest BCUT2D eigenvalue weighted by atomic mass is 9.64. The van der Waals surface area contributed by atoms with E-state index in [-0.39, 0.29) is 0 Å². The molecule has 0 atom stereocenters. The maximum absolute atomic E-state index is 5.18. The number of hydrogen-bond acceptors (Lipinski definition) is 4. The van der Waals surface area contributed by atoms with Gasteiger partial charge in [0.1, 0.15) is 16.9 Å². The zero-order valence-corrected chi connectivity index (χ0v) is 26.0. The van der Waals surface area contributed by atoms with Gasteiger partial charge in [0.2, 0.25) is 0 Å². The predicted molar refractivity (Wildman–Crippen MR) is 189 cm³/mol. The third-order valence-corrected chi connectivity index (χ3v) is 10.0. The lowest BCUT2D eigenvalue weighted by Crippen LogP contribution is -2.36. The molecule has 0 fully saturated rings. The molecule has 1 aliphatic carbocycles. The average molecular weight is 604 g/mol. The molecule has 2 aliphatic rings. The molecule has 8 aromatic rings. The van der Waals surface area contributed by atoms with E-state index in [1.165, 1.54) is 44.5 Å². The first-order valence-corrected chi connectivity index (χ1v) is 16.0. The number of aryl methyl sites for hydroxylation is 2. The van der Waals surface area contributed by atoms with Crippen molar-refractivity contribution in [3.05, 3.63) is 173 Å². The Balaban J connectivity index is 1.22.